The first kappa shape index (κ1) is 13.9. The van der Waals surface area contributed by atoms with Crippen molar-refractivity contribution in [3.05, 3.63) is 29.3 Å². The first-order chi connectivity index (χ1) is 9.58. The van der Waals surface area contributed by atoms with Gasteiger partial charge in [0.1, 0.15) is 11.9 Å². The molecule has 3 rings (SSSR count). The van der Waals surface area contributed by atoms with E-state index in [0.29, 0.717) is 0 Å². The van der Waals surface area contributed by atoms with Crippen LogP contribution in [0.3, 0.4) is 0 Å². The van der Waals surface area contributed by atoms with E-state index < -0.39 is 0 Å². The molecule has 1 aliphatic heterocycles. The number of rotatable bonds is 3. The highest BCUT2D eigenvalue weighted by molar-refractivity contribution is 5.39. The van der Waals surface area contributed by atoms with Gasteiger partial charge in [-0.3, -0.25) is 0 Å². The Bertz CT molecular complexity index is 480. The normalized spacial score (nSPS) is 26.1. The van der Waals surface area contributed by atoms with E-state index in [1.54, 1.807) is 0 Å². The van der Waals surface area contributed by atoms with Crippen LogP contribution in [0.4, 0.5) is 0 Å². The van der Waals surface area contributed by atoms with Crippen LogP contribution in [0, 0.1) is 6.92 Å². The van der Waals surface area contributed by atoms with Gasteiger partial charge in [0.25, 0.3) is 0 Å². The van der Waals surface area contributed by atoms with Gasteiger partial charge in [0.05, 0.1) is 12.2 Å². The lowest BCUT2D eigenvalue weighted by molar-refractivity contribution is -0.153. The molecule has 2 unspecified atom stereocenters. The van der Waals surface area contributed by atoms with Gasteiger partial charge >= 0.3 is 0 Å². The van der Waals surface area contributed by atoms with E-state index in [0.717, 1.165) is 30.8 Å². The molecule has 1 aromatic carbocycles. The van der Waals surface area contributed by atoms with Crippen molar-refractivity contribution in [3.8, 4) is 5.75 Å². The van der Waals surface area contributed by atoms with Crippen LogP contribution in [0.1, 0.15) is 56.2 Å². The molecule has 1 aliphatic carbocycles. The van der Waals surface area contributed by atoms with Gasteiger partial charge < -0.3 is 15.2 Å². The van der Waals surface area contributed by atoms with Crippen molar-refractivity contribution in [1.29, 1.82) is 0 Å². The molecule has 20 heavy (non-hydrogen) atoms. The summed E-state index contributed by atoms with van der Waals surface area (Å²) in [6.45, 7) is 4.92. The Kier molecular flexibility index (Phi) is 3.74. The average Bonchev–Trinajstić information content (AvgIpc) is 2.37. The van der Waals surface area contributed by atoms with Gasteiger partial charge in [-0.15, -0.1) is 0 Å². The summed E-state index contributed by atoms with van der Waals surface area (Å²) in [7, 11) is 0. The zero-order valence-electron chi connectivity index (χ0n) is 12.5. The molecule has 0 amide bonds. The van der Waals surface area contributed by atoms with Crippen LogP contribution in [-0.2, 0) is 4.74 Å². The van der Waals surface area contributed by atoms with Crippen molar-refractivity contribution in [2.45, 2.75) is 63.7 Å². The molecule has 1 saturated carbocycles. The molecule has 1 aromatic rings. The summed E-state index contributed by atoms with van der Waals surface area (Å²) in [5.74, 6) is 0.960. The van der Waals surface area contributed by atoms with E-state index >= 15 is 0 Å². The maximum atomic E-state index is 6.30. The number of nitrogens with two attached hydrogens (primary N) is 1. The van der Waals surface area contributed by atoms with Crippen molar-refractivity contribution in [3.63, 3.8) is 0 Å². The van der Waals surface area contributed by atoms with Gasteiger partial charge in [-0.25, -0.2) is 0 Å². The molecule has 2 atom stereocenters. The van der Waals surface area contributed by atoms with Crippen LogP contribution in [-0.4, -0.2) is 18.3 Å². The molecular weight excluding hydrogens is 250 g/mol. The summed E-state index contributed by atoms with van der Waals surface area (Å²) < 4.78 is 12.3. The molecule has 2 fully saturated rings. The lowest BCUT2D eigenvalue weighted by atomic mass is 9.74. The smallest absolute Gasteiger partial charge is 0.124 e. The average molecular weight is 275 g/mol. The number of aryl methyl sites for hydroxylation is 1. The first-order valence-corrected chi connectivity index (χ1v) is 7.75. The fraction of sp³-hybridized carbons (Fsp3) is 0.647. The number of benzene rings is 1. The lowest BCUT2D eigenvalue weighted by Gasteiger charge is -2.47. The van der Waals surface area contributed by atoms with E-state index in [-0.39, 0.29) is 17.7 Å². The van der Waals surface area contributed by atoms with Crippen LogP contribution in [0.5, 0.6) is 5.75 Å². The van der Waals surface area contributed by atoms with Gasteiger partial charge in [0.15, 0.2) is 0 Å². The van der Waals surface area contributed by atoms with Crippen molar-refractivity contribution in [2.24, 2.45) is 5.73 Å². The highest BCUT2D eigenvalue weighted by Gasteiger charge is 2.43. The van der Waals surface area contributed by atoms with E-state index in [1.165, 1.54) is 24.8 Å². The number of hydrogen-bond donors (Lipinski definition) is 1. The topological polar surface area (TPSA) is 44.5 Å². The summed E-state index contributed by atoms with van der Waals surface area (Å²) in [6.07, 6.45) is 5.96. The van der Waals surface area contributed by atoms with Crippen molar-refractivity contribution in [1.82, 2.24) is 0 Å². The third-order valence-corrected chi connectivity index (χ3v) is 4.67. The highest BCUT2D eigenvalue weighted by atomic mass is 16.5. The number of hydrogen-bond acceptors (Lipinski definition) is 3. The van der Waals surface area contributed by atoms with Crippen molar-refractivity contribution in [2.75, 3.05) is 6.61 Å². The Balaban J connectivity index is 1.75. The maximum Gasteiger partial charge on any atom is 0.124 e. The molecule has 0 aromatic heterocycles. The Labute approximate surface area is 121 Å². The van der Waals surface area contributed by atoms with Crippen LogP contribution in [0.2, 0.25) is 0 Å². The fourth-order valence-corrected chi connectivity index (χ4v) is 3.30. The van der Waals surface area contributed by atoms with E-state index in [4.69, 9.17) is 15.2 Å². The van der Waals surface area contributed by atoms with Crippen molar-refractivity contribution < 1.29 is 9.47 Å². The summed E-state index contributed by atoms with van der Waals surface area (Å²) in [5, 5.41) is 0. The zero-order chi connectivity index (χ0) is 14.2. The minimum atomic E-state index is 0.00287. The standard InChI is InChI=1S/C17H25NO2/c1-12-4-5-15(13(2)18)16(10-12)20-14-6-9-19-17(11-14)7-3-8-17/h4-5,10,13-14H,3,6-9,11,18H2,1-2H3. The second-order valence-corrected chi connectivity index (χ2v) is 6.45. The third-order valence-electron chi connectivity index (χ3n) is 4.67. The Hall–Kier alpha value is -1.06. The van der Waals surface area contributed by atoms with Crippen LogP contribution in [0.15, 0.2) is 18.2 Å². The van der Waals surface area contributed by atoms with E-state index in [1.807, 2.05) is 6.92 Å². The molecule has 3 nitrogen and oxygen atoms in total. The predicted molar refractivity (Wildman–Crippen MR) is 80.0 cm³/mol. The van der Waals surface area contributed by atoms with Gasteiger partial charge in [0.2, 0.25) is 0 Å². The molecule has 0 bridgehead atoms. The molecule has 1 saturated heterocycles. The SMILES string of the molecule is Cc1ccc(C(C)N)c(OC2CCOC3(CCC3)C2)c1. The monoisotopic (exact) mass is 275 g/mol. The van der Waals surface area contributed by atoms with Gasteiger partial charge in [0, 0.05) is 24.4 Å². The molecule has 0 radical (unpaired) electrons. The van der Waals surface area contributed by atoms with Crippen LogP contribution >= 0.6 is 0 Å². The molecular formula is C17H25NO2. The second-order valence-electron chi connectivity index (χ2n) is 6.45. The first-order valence-electron chi connectivity index (χ1n) is 7.75. The van der Waals surface area contributed by atoms with Gasteiger partial charge in [-0.1, -0.05) is 12.1 Å². The van der Waals surface area contributed by atoms with Gasteiger partial charge in [-0.05, 0) is 44.7 Å². The van der Waals surface area contributed by atoms with Crippen LogP contribution in [0.25, 0.3) is 0 Å². The molecule has 110 valence electrons. The van der Waals surface area contributed by atoms with Gasteiger partial charge in [-0.2, -0.15) is 0 Å². The molecule has 3 heteroatoms. The second kappa shape index (κ2) is 5.38. The summed E-state index contributed by atoms with van der Waals surface area (Å²) >= 11 is 0. The molecule has 1 heterocycles. The fourth-order valence-electron chi connectivity index (χ4n) is 3.30. The predicted octanol–water partition coefficient (Wildman–Crippen LogP) is 3.50. The summed E-state index contributed by atoms with van der Waals surface area (Å²) in [6, 6.07) is 6.31. The minimum absolute atomic E-state index is 0.00287. The largest absolute Gasteiger partial charge is 0.490 e. The van der Waals surface area contributed by atoms with E-state index in [9.17, 15) is 0 Å². The Morgan fingerprint density at radius 2 is 2.20 bits per heavy atom. The van der Waals surface area contributed by atoms with E-state index in [2.05, 4.69) is 25.1 Å². The maximum absolute atomic E-state index is 6.30. The molecule has 1 spiro atoms. The lowest BCUT2D eigenvalue weighted by Crippen LogP contribution is -2.48. The highest BCUT2D eigenvalue weighted by Crippen LogP contribution is 2.43. The molecule has 2 aliphatic rings. The zero-order valence-corrected chi connectivity index (χ0v) is 12.5. The van der Waals surface area contributed by atoms with Crippen LogP contribution < -0.4 is 10.5 Å². The molecule has 2 N–H and O–H groups in total. The minimum Gasteiger partial charge on any atom is -0.490 e. The van der Waals surface area contributed by atoms with Crippen molar-refractivity contribution >= 4 is 0 Å². The quantitative estimate of drug-likeness (QED) is 0.918. The number of ether oxygens (including phenoxy) is 2. The summed E-state index contributed by atoms with van der Waals surface area (Å²) in [4.78, 5) is 0. The third kappa shape index (κ3) is 2.70. The summed E-state index contributed by atoms with van der Waals surface area (Å²) in [5.41, 5.74) is 8.50. The Morgan fingerprint density at radius 1 is 1.40 bits per heavy atom. The Morgan fingerprint density at radius 3 is 2.85 bits per heavy atom.